The second kappa shape index (κ2) is 7.96. The van der Waals surface area contributed by atoms with Gasteiger partial charge in [-0.3, -0.25) is 9.59 Å². The van der Waals surface area contributed by atoms with Crippen LogP contribution in [0.5, 0.6) is 0 Å². The van der Waals surface area contributed by atoms with E-state index in [-0.39, 0.29) is 11.9 Å². The lowest BCUT2D eigenvalue weighted by Crippen LogP contribution is -2.47. The van der Waals surface area contributed by atoms with E-state index in [2.05, 4.69) is 25.5 Å². The monoisotopic (exact) mass is 435 g/mol. The van der Waals surface area contributed by atoms with E-state index in [9.17, 15) is 9.59 Å². The number of nitrogens with two attached hydrogens (primary N) is 1. The second-order valence-corrected chi connectivity index (χ2v) is 9.12. The molecule has 0 radical (unpaired) electrons. The van der Waals surface area contributed by atoms with E-state index in [1.165, 1.54) is 0 Å². The van der Waals surface area contributed by atoms with Gasteiger partial charge in [0.2, 0.25) is 0 Å². The Hall–Kier alpha value is -3.36. The lowest BCUT2D eigenvalue weighted by Gasteiger charge is -2.40. The summed E-state index contributed by atoms with van der Waals surface area (Å²) in [7, 11) is 3.48. The number of rotatable bonds is 5. The van der Waals surface area contributed by atoms with Crippen molar-refractivity contribution in [2.75, 3.05) is 36.2 Å². The fourth-order valence-corrected chi connectivity index (χ4v) is 5.40. The van der Waals surface area contributed by atoms with Crippen LogP contribution in [0.15, 0.2) is 24.5 Å². The number of fused-ring (bicyclic) bond motifs is 3. The quantitative estimate of drug-likeness (QED) is 0.656. The van der Waals surface area contributed by atoms with Crippen molar-refractivity contribution in [3.8, 4) is 0 Å². The highest BCUT2D eigenvalue weighted by atomic mass is 16.2. The molecular formula is C23H29N7O2. The average molecular weight is 436 g/mol. The Bertz CT molecular complexity index is 1040. The van der Waals surface area contributed by atoms with E-state index in [1.807, 2.05) is 12.1 Å². The van der Waals surface area contributed by atoms with Crippen LogP contribution in [0.25, 0.3) is 0 Å². The molecule has 5 heterocycles. The number of carbonyl (C=O) groups excluding carboxylic acids is 2. The summed E-state index contributed by atoms with van der Waals surface area (Å²) in [6.45, 7) is 0.820. The van der Waals surface area contributed by atoms with Gasteiger partial charge in [0.05, 0.1) is 16.8 Å². The first kappa shape index (κ1) is 20.5. The van der Waals surface area contributed by atoms with E-state index < -0.39 is 5.91 Å². The second-order valence-electron chi connectivity index (χ2n) is 9.12. The average Bonchev–Trinajstić information content (AvgIpc) is 3.36. The van der Waals surface area contributed by atoms with Crippen molar-refractivity contribution in [1.29, 1.82) is 0 Å². The first-order valence-corrected chi connectivity index (χ1v) is 11.2. The van der Waals surface area contributed by atoms with Crippen LogP contribution in [-0.2, 0) is 6.42 Å². The number of primary amides is 1. The van der Waals surface area contributed by atoms with Gasteiger partial charge in [-0.05, 0) is 44.2 Å². The molecule has 2 bridgehead atoms. The molecule has 2 saturated heterocycles. The molecule has 0 aromatic carbocycles. The molecule has 3 aliphatic rings. The van der Waals surface area contributed by atoms with Crippen molar-refractivity contribution >= 4 is 29.1 Å². The summed E-state index contributed by atoms with van der Waals surface area (Å²) in [6.07, 6.45) is 8.22. The molecule has 2 fully saturated rings. The highest BCUT2D eigenvalue weighted by Gasteiger charge is 2.42. The van der Waals surface area contributed by atoms with E-state index in [0.717, 1.165) is 61.5 Å². The highest BCUT2D eigenvalue weighted by Crippen LogP contribution is 2.40. The topological polar surface area (TPSA) is 116 Å². The van der Waals surface area contributed by atoms with Gasteiger partial charge in [-0.1, -0.05) is 0 Å². The number of nitrogens with zero attached hydrogens (tertiary/aromatic N) is 4. The minimum atomic E-state index is -0.452. The van der Waals surface area contributed by atoms with Gasteiger partial charge in [0, 0.05) is 56.7 Å². The summed E-state index contributed by atoms with van der Waals surface area (Å²) in [5.74, 6) is 1.28. The van der Waals surface area contributed by atoms with Gasteiger partial charge < -0.3 is 26.2 Å². The number of hydrogen-bond donors (Lipinski definition) is 3. The number of nitrogens with one attached hydrogen (secondary N) is 2. The summed E-state index contributed by atoms with van der Waals surface area (Å²) in [5.41, 5.74) is 8.61. The molecule has 0 saturated carbocycles. The largest absolute Gasteiger partial charge is 0.381 e. The number of anilines is 3. The lowest BCUT2D eigenvalue weighted by atomic mass is 9.95. The molecule has 3 aliphatic heterocycles. The van der Waals surface area contributed by atoms with Crippen LogP contribution in [0.2, 0.25) is 0 Å². The smallest absolute Gasteiger partial charge is 0.254 e. The zero-order valence-corrected chi connectivity index (χ0v) is 18.5. The van der Waals surface area contributed by atoms with Gasteiger partial charge in [0.25, 0.3) is 11.8 Å². The molecule has 2 amide bonds. The van der Waals surface area contributed by atoms with Crippen LogP contribution in [0.3, 0.4) is 0 Å². The Labute approximate surface area is 187 Å². The Kier molecular flexibility index (Phi) is 5.11. The van der Waals surface area contributed by atoms with Crippen LogP contribution >= 0.6 is 0 Å². The van der Waals surface area contributed by atoms with Crippen molar-refractivity contribution in [2.45, 2.75) is 50.2 Å². The van der Waals surface area contributed by atoms with Crippen molar-refractivity contribution in [3.05, 3.63) is 41.2 Å². The summed E-state index contributed by atoms with van der Waals surface area (Å²) >= 11 is 0. The zero-order valence-electron chi connectivity index (χ0n) is 18.5. The maximum absolute atomic E-state index is 12.2. The van der Waals surface area contributed by atoms with Crippen LogP contribution < -0.4 is 21.3 Å². The molecule has 0 aliphatic carbocycles. The molecule has 0 spiro atoms. The van der Waals surface area contributed by atoms with E-state index in [0.29, 0.717) is 23.2 Å². The molecule has 9 nitrogen and oxygen atoms in total. The molecule has 0 unspecified atom stereocenters. The molecule has 3 atom stereocenters. The highest BCUT2D eigenvalue weighted by molar-refractivity contribution is 6.00. The third kappa shape index (κ3) is 3.51. The van der Waals surface area contributed by atoms with Crippen LogP contribution in [0.4, 0.5) is 17.3 Å². The van der Waals surface area contributed by atoms with Gasteiger partial charge in [-0.2, -0.15) is 0 Å². The molecule has 2 aromatic heterocycles. The first-order valence-electron chi connectivity index (χ1n) is 11.2. The summed E-state index contributed by atoms with van der Waals surface area (Å²) in [6, 6.07) is 4.82. The minimum Gasteiger partial charge on any atom is -0.381 e. The fourth-order valence-electron chi connectivity index (χ4n) is 5.40. The fraction of sp³-hybridized carbons (Fsp3) is 0.478. The molecule has 32 heavy (non-hydrogen) atoms. The van der Waals surface area contributed by atoms with Gasteiger partial charge in [-0.25, -0.2) is 9.97 Å². The van der Waals surface area contributed by atoms with Crippen molar-refractivity contribution in [2.24, 2.45) is 5.73 Å². The van der Waals surface area contributed by atoms with E-state index in [4.69, 9.17) is 5.73 Å². The molecule has 4 N–H and O–H groups in total. The molecule has 9 heteroatoms. The number of piperidine rings is 1. The number of pyridine rings is 2. The summed E-state index contributed by atoms with van der Waals surface area (Å²) in [5, 5.41) is 6.94. The lowest BCUT2D eigenvalue weighted by molar-refractivity contribution is 0.0827. The maximum atomic E-state index is 12.2. The number of aromatic nitrogens is 2. The van der Waals surface area contributed by atoms with E-state index in [1.54, 1.807) is 31.4 Å². The van der Waals surface area contributed by atoms with Crippen molar-refractivity contribution in [1.82, 2.24) is 14.9 Å². The molecule has 2 aromatic rings. The third-order valence-electron chi connectivity index (χ3n) is 6.86. The Morgan fingerprint density at radius 1 is 1.16 bits per heavy atom. The number of amides is 2. The predicted molar refractivity (Wildman–Crippen MR) is 123 cm³/mol. The van der Waals surface area contributed by atoms with Crippen LogP contribution in [-0.4, -0.2) is 65.4 Å². The zero-order chi connectivity index (χ0) is 22.4. The molecule has 168 valence electrons. The SMILES string of the molecule is CN(C)C(=O)c1ccc(N2[C@@H]3CC[C@H]2C[C@H](Nc2c(C(N)=O)cnc4c2CCN4)C3)nc1. The van der Waals surface area contributed by atoms with Gasteiger partial charge in [0.1, 0.15) is 11.6 Å². The standard InChI is InChI=1S/C23H29N7O2/c1-29(2)23(32)13-3-6-19(26-11-13)30-15-4-5-16(30)10-14(9-15)28-20-17-7-8-25-22(17)27-12-18(20)21(24)31/h3,6,11-12,14-16H,4-5,7-10H2,1-2H3,(H2,24,31)(H2,25,27,28)/t14-,15-,16+. The van der Waals surface area contributed by atoms with Gasteiger partial charge in [-0.15, -0.1) is 0 Å². The van der Waals surface area contributed by atoms with Crippen molar-refractivity contribution in [3.63, 3.8) is 0 Å². The van der Waals surface area contributed by atoms with Crippen molar-refractivity contribution < 1.29 is 9.59 Å². The number of carbonyl (C=O) groups is 2. The summed E-state index contributed by atoms with van der Waals surface area (Å²) in [4.78, 5) is 37.2. The Morgan fingerprint density at radius 3 is 2.53 bits per heavy atom. The van der Waals surface area contributed by atoms with Crippen LogP contribution in [0, 0.1) is 0 Å². The van der Waals surface area contributed by atoms with Gasteiger partial charge in [0.15, 0.2) is 0 Å². The number of hydrogen-bond acceptors (Lipinski definition) is 7. The normalized spacial score (nSPS) is 23.4. The Morgan fingerprint density at radius 2 is 1.91 bits per heavy atom. The maximum Gasteiger partial charge on any atom is 0.254 e. The minimum absolute atomic E-state index is 0.0421. The summed E-state index contributed by atoms with van der Waals surface area (Å²) < 4.78 is 0. The van der Waals surface area contributed by atoms with Gasteiger partial charge >= 0.3 is 0 Å². The molecular weight excluding hydrogens is 406 g/mol. The predicted octanol–water partition coefficient (Wildman–Crippen LogP) is 1.86. The molecule has 5 rings (SSSR count). The first-order chi connectivity index (χ1) is 15.4. The third-order valence-corrected chi connectivity index (χ3v) is 6.86. The van der Waals surface area contributed by atoms with Crippen LogP contribution in [0.1, 0.15) is 52.0 Å². The van der Waals surface area contributed by atoms with E-state index >= 15 is 0 Å². The Balaban J connectivity index is 1.34.